The standard InChI is InChI=1S/C23H27ClN6O/c1-23(13-31-14-23)28-7-6-27(19-4-5-20(19)28)22-9-21-15(8-18(22)24)10-26-30(21)17-11-25-29(12-17)16-2-3-16/h8-12,16,19-20H,2-7,13-14H2,1H3/t19-,20+/m1/s1. The van der Waals surface area contributed by atoms with Gasteiger partial charge in [-0.15, -0.1) is 0 Å². The monoisotopic (exact) mass is 438 g/mol. The SMILES string of the molecule is CC1(N2CCN(c3cc4c(cnn4-c4cnn(C5CC5)c4)cc3Cl)[C@@H]3CC[C@@H]32)COC1. The minimum absolute atomic E-state index is 0.212. The molecule has 2 aliphatic heterocycles. The molecule has 0 N–H and O–H groups in total. The Morgan fingerprint density at radius 1 is 1.03 bits per heavy atom. The maximum Gasteiger partial charge on any atom is 0.103 e. The van der Waals surface area contributed by atoms with Crippen LogP contribution in [0.2, 0.25) is 5.02 Å². The highest BCUT2D eigenvalue weighted by Crippen LogP contribution is 2.44. The second-order valence-corrected chi connectivity index (χ2v) is 10.3. The van der Waals surface area contributed by atoms with E-state index < -0.39 is 0 Å². The maximum absolute atomic E-state index is 6.82. The lowest BCUT2D eigenvalue weighted by Gasteiger charge is -2.61. The van der Waals surface area contributed by atoms with E-state index in [4.69, 9.17) is 16.3 Å². The van der Waals surface area contributed by atoms with Crippen LogP contribution in [0.25, 0.3) is 16.6 Å². The van der Waals surface area contributed by atoms with E-state index in [-0.39, 0.29) is 5.54 Å². The van der Waals surface area contributed by atoms with Crippen molar-refractivity contribution in [3.05, 3.63) is 35.7 Å². The van der Waals surface area contributed by atoms with Gasteiger partial charge in [-0.3, -0.25) is 9.58 Å². The molecule has 8 heteroatoms. The van der Waals surface area contributed by atoms with Gasteiger partial charge in [0, 0.05) is 30.6 Å². The van der Waals surface area contributed by atoms with Crippen molar-refractivity contribution >= 4 is 28.2 Å². The second-order valence-electron chi connectivity index (χ2n) is 9.92. The molecule has 1 aromatic carbocycles. The van der Waals surface area contributed by atoms with Gasteiger partial charge in [-0.1, -0.05) is 11.6 Å². The van der Waals surface area contributed by atoms with Gasteiger partial charge in [0.05, 0.1) is 59.6 Å². The number of piperazine rings is 1. The number of fused-ring (bicyclic) bond motifs is 2. The summed E-state index contributed by atoms with van der Waals surface area (Å²) in [4.78, 5) is 5.24. The summed E-state index contributed by atoms with van der Waals surface area (Å²) in [7, 11) is 0. The van der Waals surface area contributed by atoms with Crippen LogP contribution in [-0.4, -0.2) is 68.4 Å². The van der Waals surface area contributed by atoms with Crippen LogP contribution in [0.5, 0.6) is 0 Å². The van der Waals surface area contributed by atoms with Crippen LogP contribution in [0.3, 0.4) is 0 Å². The smallest absolute Gasteiger partial charge is 0.103 e. The first-order valence-electron chi connectivity index (χ1n) is 11.4. The topological polar surface area (TPSA) is 51.3 Å². The van der Waals surface area contributed by atoms with Gasteiger partial charge in [0.15, 0.2) is 0 Å². The summed E-state index contributed by atoms with van der Waals surface area (Å²) in [6, 6.07) is 5.99. The summed E-state index contributed by atoms with van der Waals surface area (Å²) in [5.74, 6) is 0. The molecule has 7 rings (SSSR count). The molecule has 0 bridgehead atoms. The molecule has 0 amide bonds. The molecule has 3 aromatic rings. The Hall–Kier alpha value is -2.09. The molecule has 4 heterocycles. The first-order valence-corrected chi connectivity index (χ1v) is 11.8. The molecular formula is C23H27ClN6O. The molecule has 2 saturated heterocycles. The highest BCUT2D eigenvalue weighted by molar-refractivity contribution is 6.34. The molecule has 31 heavy (non-hydrogen) atoms. The molecular weight excluding hydrogens is 412 g/mol. The normalized spacial score (nSPS) is 27.7. The van der Waals surface area contributed by atoms with E-state index in [1.165, 1.54) is 25.7 Å². The first kappa shape index (κ1) is 18.5. The van der Waals surface area contributed by atoms with Crippen LogP contribution in [0.1, 0.15) is 38.6 Å². The molecule has 2 aromatic heterocycles. The van der Waals surface area contributed by atoms with Gasteiger partial charge in [0.1, 0.15) is 5.69 Å². The van der Waals surface area contributed by atoms with Crippen LogP contribution in [-0.2, 0) is 4.74 Å². The Bertz CT molecular complexity index is 1160. The van der Waals surface area contributed by atoms with Crippen LogP contribution >= 0.6 is 11.6 Å². The van der Waals surface area contributed by atoms with E-state index in [1.54, 1.807) is 0 Å². The minimum atomic E-state index is 0.212. The highest BCUT2D eigenvalue weighted by Gasteiger charge is 2.51. The number of hydrogen-bond donors (Lipinski definition) is 0. The second kappa shape index (κ2) is 6.47. The van der Waals surface area contributed by atoms with Crippen LogP contribution < -0.4 is 4.90 Å². The summed E-state index contributed by atoms with van der Waals surface area (Å²) < 4.78 is 9.63. The number of ether oxygens (including phenoxy) is 1. The molecule has 2 atom stereocenters. The number of benzene rings is 1. The Labute approximate surface area is 186 Å². The third-order valence-corrected chi connectivity index (χ3v) is 8.11. The quantitative estimate of drug-likeness (QED) is 0.622. The molecule has 2 saturated carbocycles. The molecule has 0 unspecified atom stereocenters. The molecule has 0 radical (unpaired) electrons. The lowest BCUT2D eigenvalue weighted by molar-refractivity contribution is -0.161. The van der Waals surface area contributed by atoms with Crippen molar-refractivity contribution in [1.82, 2.24) is 24.5 Å². The van der Waals surface area contributed by atoms with Crippen molar-refractivity contribution in [2.75, 3.05) is 31.2 Å². The fraction of sp³-hybridized carbons (Fsp3) is 0.565. The number of anilines is 1. The van der Waals surface area contributed by atoms with Gasteiger partial charge in [0.2, 0.25) is 0 Å². The summed E-state index contributed by atoms with van der Waals surface area (Å²) in [5, 5.41) is 11.1. The van der Waals surface area contributed by atoms with E-state index in [2.05, 4.69) is 49.9 Å². The van der Waals surface area contributed by atoms with Crippen molar-refractivity contribution in [3.8, 4) is 5.69 Å². The molecule has 162 valence electrons. The average molecular weight is 439 g/mol. The third kappa shape index (κ3) is 2.73. The van der Waals surface area contributed by atoms with Crippen molar-refractivity contribution in [2.45, 2.75) is 56.3 Å². The molecule has 0 spiro atoms. The Kier molecular flexibility index (Phi) is 3.85. The first-order chi connectivity index (χ1) is 15.1. The van der Waals surface area contributed by atoms with E-state index in [9.17, 15) is 0 Å². The molecule has 4 aliphatic rings. The maximum atomic E-state index is 6.82. The van der Waals surface area contributed by atoms with E-state index in [1.807, 2.05) is 17.1 Å². The zero-order valence-corrected chi connectivity index (χ0v) is 18.5. The Morgan fingerprint density at radius 3 is 2.58 bits per heavy atom. The molecule has 7 nitrogen and oxygen atoms in total. The summed E-state index contributed by atoms with van der Waals surface area (Å²) in [6.07, 6.45) is 10.9. The van der Waals surface area contributed by atoms with Crippen molar-refractivity contribution < 1.29 is 4.74 Å². The summed E-state index contributed by atoms with van der Waals surface area (Å²) in [6.45, 7) is 6.12. The van der Waals surface area contributed by atoms with Crippen LogP contribution in [0.4, 0.5) is 5.69 Å². The number of rotatable bonds is 4. The van der Waals surface area contributed by atoms with Gasteiger partial charge in [0.25, 0.3) is 0 Å². The van der Waals surface area contributed by atoms with Gasteiger partial charge in [-0.2, -0.15) is 10.2 Å². The molecule has 4 fully saturated rings. The number of aromatic nitrogens is 4. The zero-order chi connectivity index (χ0) is 20.7. The lowest BCUT2D eigenvalue weighted by atomic mass is 9.78. The van der Waals surface area contributed by atoms with E-state index in [0.717, 1.165) is 53.6 Å². The number of nitrogens with zero attached hydrogens (tertiary/aromatic N) is 6. The van der Waals surface area contributed by atoms with Gasteiger partial charge in [-0.25, -0.2) is 4.68 Å². The van der Waals surface area contributed by atoms with Gasteiger partial charge >= 0.3 is 0 Å². The highest BCUT2D eigenvalue weighted by atomic mass is 35.5. The van der Waals surface area contributed by atoms with Crippen LogP contribution in [0, 0.1) is 0 Å². The minimum Gasteiger partial charge on any atom is -0.377 e. The van der Waals surface area contributed by atoms with Crippen molar-refractivity contribution in [1.29, 1.82) is 0 Å². The number of hydrogen-bond acceptors (Lipinski definition) is 5. The predicted molar refractivity (Wildman–Crippen MR) is 120 cm³/mol. The fourth-order valence-corrected chi connectivity index (χ4v) is 5.99. The van der Waals surface area contributed by atoms with Crippen LogP contribution in [0.15, 0.2) is 30.7 Å². The Morgan fingerprint density at radius 2 is 1.87 bits per heavy atom. The fourth-order valence-electron chi connectivity index (χ4n) is 5.71. The zero-order valence-electron chi connectivity index (χ0n) is 17.7. The van der Waals surface area contributed by atoms with Gasteiger partial charge < -0.3 is 9.64 Å². The third-order valence-electron chi connectivity index (χ3n) is 7.80. The van der Waals surface area contributed by atoms with E-state index >= 15 is 0 Å². The summed E-state index contributed by atoms with van der Waals surface area (Å²) in [5.41, 5.74) is 3.45. The average Bonchev–Trinajstić information content (AvgIpc) is 3.30. The summed E-state index contributed by atoms with van der Waals surface area (Å²) >= 11 is 6.82. The Balaban J connectivity index is 1.23. The van der Waals surface area contributed by atoms with E-state index in [0.29, 0.717) is 18.1 Å². The predicted octanol–water partition coefficient (Wildman–Crippen LogP) is 3.65. The van der Waals surface area contributed by atoms with Gasteiger partial charge in [-0.05, 0) is 44.7 Å². The van der Waals surface area contributed by atoms with Crippen molar-refractivity contribution in [3.63, 3.8) is 0 Å². The molecule has 2 aliphatic carbocycles. The lowest BCUT2D eigenvalue weighted by Crippen LogP contribution is -2.73. The van der Waals surface area contributed by atoms with Crippen molar-refractivity contribution in [2.24, 2.45) is 0 Å². The number of halogens is 1. The largest absolute Gasteiger partial charge is 0.377 e.